The Morgan fingerprint density at radius 2 is 1.71 bits per heavy atom. The smallest absolute Gasteiger partial charge is 0.119 e. The van der Waals surface area contributed by atoms with E-state index >= 15 is 0 Å². The minimum Gasteiger partial charge on any atom is -0.494 e. The van der Waals surface area contributed by atoms with Gasteiger partial charge in [-0.15, -0.1) is 0 Å². The van der Waals surface area contributed by atoms with Crippen LogP contribution in [-0.2, 0) is 0 Å². The monoisotopic (exact) mass is 322 g/mol. The Bertz CT molecular complexity index is 619. The summed E-state index contributed by atoms with van der Waals surface area (Å²) in [5.74, 6) is 0.851. The quantitative estimate of drug-likeness (QED) is 0.604. The lowest BCUT2D eigenvalue weighted by Gasteiger charge is -2.06. The van der Waals surface area contributed by atoms with E-state index in [1.165, 1.54) is 0 Å². The zero-order chi connectivity index (χ0) is 15.2. The zero-order valence-electron chi connectivity index (χ0n) is 11.9. The van der Waals surface area contributed by atoms with Gasteiger partial charge in [0.05, 0.1) is 18.0 Å². The van der Waals surface area contributed by atoms with Gasteiger partial charge in [-0.25, -0.2) is 0 Å². The average Bonchev–Trinajstić information content (AvgIpc) is 2.45. The first-order valence-corrected chi connectivity index (χ1v) is 7.33. The Labute approximate surface area is 134 Å². The molecule has 0 amide bonds. The van der Waals surface area contributed by atoms with Gasteiger partial charge >= 0.3 is 0 Å². The first-order valence-electron chi connectivity index (χ1n) is 6.58. The highest BCUT2D eigenvalue weighted by atomic mass is 35.5. The van der Waals surface area contributed by atoms with Gasteiger partial charge in [0.25, 0.3) is 0 Å². The third kappa shape index (κ3) is 4.66. The number of ether oxygens (including phenoxy) is 1. The highest BCUT2D eigenvalue weighted by Crippen LogP contribution is 2.22. The predicted molar refractivity (Wildman–Crippen MR) is 89.9 cm³/mol. The fraction of sp³-hybridized carbons (Fsp3) is 0.188. The van der Waals surface area contributed by atoms with Crippen LogP contribution in [0.1, 0.15) is 19.4 Å². The van der Waals surface area contributed by atoms with Gasteiger partial charge in [-0.2, -0.15) is 5.10 Å². The molecule has 0 aromatic heterocycles. The van der Waals surface area contributed by atoms with Gasteiger partial charge in [-0.05, 0) is 61.9 Å². The molecule has 0 aliphatic carbocycles. The van der Waals surface area contributed by atoms with Crippen molar-refractivity contribution in [3.63, 3.8) is 0 Å². The lowest BCUT2D eigenvalue weighted by Crippen LogP contribution is -2.00. The lowest BCUT2D eigenvalue weighted by atomic mass is 10.1. The second-order valence-corrected chi connectivity index (χ2v) is 5.30. The first-order chi connectivity index (χ1) is 10.1. The summed E-state index contributed by atoms with van der Waals surface area (Å²) in [4.78, 5) is 0. The van der Waals surface area contributed by atoms with Gasteiger partial charge in [0, 0.05) is 10.0 Å². The summed E-state index contributed by atoms with van der Waals surface area (Å²) < 4.78 is 5.41. The predicted octanol–water partition coefficient (Wildman–Crippen LogP) is 5.23. The van der Waals surface area contributed by atoms with Crippen molar-refractivity contribution < 1.29 is 4.74 Å². The Hall–Kier alpha value is -1.71. The summed E-state index contributed by atoms with van der Waals surface area (Å²) in [5, 5.41) is 5.47. The number of benzene rings is 2. The van der Waals surface area contributed by atoms with Gasteiger partial charge < -0.3 is 4.74 Å². The van der Waals surface area contributed by atoms with Crippen molar-refractivity contribution in [2.24, 2.45) is 5.10 Å². The number of nitrogens with one attached hydrogen (secondary N) is 1. The molecule has 1 N–H and O–H groups in total. The van der Waals surface area contributed by atoms with Crippen LogP contribution in [0.3, 0.4) is 0 Å². The summed E-state index contributed by atoms with van der Waals surface area (Å²) in [6.07, 6.45) is 0. The van der Waals surface area contributed by atoms with E-state index in [4.69, 9.17) is 27.9 Å². The molecule has 0 bridgehead atoms. The van der Waals surface area contributed by atoms with E-state index in [0.717, 1.165) is 22.7 Å². The van der Waals surface area contributed by atoms with Crippen molar-refractivity contribution in [2.75, 3.05) is 12.0 Å². The third-order valence-electron chi connectivity index (χ3n) is 2.80. The van der Waals surface area contributed by atoms with Crippen LogP contribution in [0.2, 0.25) is 10.0 Å². The summed E-state index contributed by atoms with van der Waals surface area (Å²) in [6.45, 7) is 4.54. The second kappa shape index (κ2) is 7.34. The van der Waals surface area contributed by atoms with Crippen LogP contribution in [-0.4, -0.2) is 12.3 Å². The Balaban J connectivity index is 2.09. The van der Waals surface area contributed by atoms with E-state index in [2.05, 4.69) is 10.5 Å². The molecule has 0 aliphatic heterocycles. The lowest BCUT2D eigenvalue weighted by molar-refractivity contribution is 0.340. The van der Waals surface area contributed by atoms with E-state index in [-0.39, 0.29) is 0 Å². The van der Waals surface area contributed by atoms with Crippen LogP contribution in [0.25, 0.3) is 0 Å². The summed E-state index contributed by atoms with van der Waals surface area (Å²) in [7, 11) is 0. The van der Waals surface area contributed by atoms with E-state index in [9.17, 15) is 0 Å². The van der Waals surface area contributed by atoms with Crippen molar-refractivity contribution >= 4 is 34.6 Å². The van der Waals surface area contributed by atoms with Crippen LogP contribution >= 0.6 is 23.2 Å². The van der Waals surface area contributed by atoms with Crippen LogP contribution in [0, 0.1) is 0 Å². The number of rotatable bonds is 5. The second-order valence-electron chi connectivity index (χ2n) is 4.42. The SMILES string of the molecule is CCOc1ccc(/C(C)=N\Nc2cc(Cl)cc(Cl)c2)cc1. The van der Waals surface area contributed by atoms with E-state index in [1.807, 2.05) is 38.1 Å². The zero-order valence-corrected chi connectivity index (χ0v) is 13.4. The number of hydrogen-bond donors (Lipinski definition) is 1. The molecule has 0 heterocycles. The van der Waals surface area contributed by atoms with Crippen molar-refractivity contribution in [1.82, 2.24) is 0 Å². The minimum atomic E-state index is 0.568. The molecule has 2 rings (SSSR count). The van der Waals surface area contributed by atoms with Gasteiger partial charge in [-0.1, -0.05) is 23.2 Å². The molecule has 0 saturated carbocycles. The maximum atomic E-state index is 5.94. The standard InChI is InChI=1S/C16H16Cl2N2O/c1-3-21-16-6-4-12(5-7-16)11(2)19-20-15-9-13(17)8-14(18)10-15/h4-10,20H,3H2,1-2H3/b19-11-. The Morgan fingerprint density at radius 3 is 2.29 bits per heavy atom. The highest BCUT2D eigenvalue weighted by Gasteiger charge is 2.00. The van der Waals surface area contributed by atoms with Crippen molar-refractivity contribution in [3.8, 4) is 5.75 Å². The van der Waals surface area contributed by atoms with Crippen LogP contribution in [0.5, 0.6) is 5.75 Å². The molecule has 0 aliphatic rings. The van der Waals surface area contributed by atoms with Gasteiger partial charge in [0.2, 0.25) is 0 Å². The van der Waals surface area contributed by atoms with Crippen LogP contribution in [0.4, 0.5) is 5.69 Å². The van der Waals surface area contributed by atoms with Crippen LogP contribution in [0.15, 0.2) is 47.6 Å². The average molecular weight is 323 g/mol. The maximum Gasteiger partial charge on any atom is 0.119 e. The number of hydrazone groups is 1. The summed E-state index contributed by atoms with van der Waals surface area (Å²) >= 11 is 11.9. The molecule has 0 fully saturated rings. The molecule has 5 heteroatoms. The molecular weight excluding hydrogens is 307 g/mol. The van der Waals surface area contributed by atoms with E-state index in [1.54, 1.807) is 18.2 Å². The number of halogens is 2. The fourth-order valence-electron chi connectivity index (χ4n) is 1.79. The largest absolute Gasteiger partial charge is 0.494 e. The molecule has 110 valence electrons. The minimum absolute atomic E-state index is 0.568. The Morgan fingerprint density at radius 1 is 1.10 bits per heavy atom. The highest BCUT2D eigenvalue weighted by molar-refractivity contribution is 6.35. The Kier molecular flexibility index (Phi) is 5.48. The summed E-state index contributed by atoms with van der Waals surface area (Å²) in [6, 6.07) is 13.0. The molecule has 0 atom stereocenters. The molecule has 2 aromatic rings. The van der Waals surface area contributed by atoms with Crippen molar-refractivity contribution in [1.29, 1.82) is 0 Å². The number of anilines is 1. The van der Waals surface area contributed by atoms with Crippen molar-refractivity contribution in [2.45, 2.75) is 13.8 Å². The first kappa shape index (κ1) is 15.7. The normalized spacial score (nSPS) is 11.3. The van der Waals surface area contributed by atoms with E-state index in [0.29, 0.717) is 16.7 Å². The molecule has 0 radical (unpaired) electrons. The van der Waals surface area contributed by atoms with Gasteiger partial charge in [-0.3, -0.25) is 5.43 Å². The molecule has 21 heavy (non-hydrogen) atoms. The number of nitrogens with zero attached hydrogens (tertiary/aromatic N) is 1. The molecule has 3 nitrogen and oxygen atoms in total. The maximum absolute atomic E-state index is 5.94. The van der Waals surface area contributed by atoms with Gasteiger partial charge in [0.1, 0.15) is 5.75 Å². The number of hydrogen-bond acceptors (Lipinski definition) is 3. The fourth-order valence-corrected chi connectivity index (χ4v) is 2.32. The van der Waals surface area contributed by atoms with Crippen LogP contribution < -0.4 is 10.2 Å². The van der Waals surface area contributed by atoms with Crippen molar-refractivity contribution in [3.05, 3.63) is 58.1 Å². The third-order valence-corrected chi connectivity index (χ3v) is 3.23. The van der Waals surface area contributed by atoms with Gasteiger partial charge in [0.15, 0.2) is 0 Å². The van der Waals surface area contributed by atoms with E-state index < -0.39 is 0 Å². The molecular formula is C16H16Cl2N2O. The molecule has 0 saturated heterocycles. The molecule has 2 aromatic carbocycles. The topological polar surface area (TPSA) is 33.6 Å². The molecule has 0 spiro atoms. The summed E-state index contributed by atoms with van der Waals surface area (Å²) in [5.41, 5.74) is 5.57. The molecule has 0 unspecified atom stereocenters.